The van der Waals surface area contributed by atoms with Crippen molar-refractivity contribution in [1.82, 2.24) is 0 Å². The molecule has 0 saturated carbocycles. The van der Waals surface area contributed by atoms with Crippen molar-refractivity contribution in [3.8, 4) is 11.8 Å². The van der Waals surface area contributed by atoms with Crippen molar-refractivity contribution in [2.24, 2.45) is 0 Å². The van der Waals surface area contributed by atoms with Gasteiger partial charge in [-0.15, -0.1) is 11.3 Å². The van der Waals surface area contributed by atoms with Crippen LogP contribution in [0.5, 0.6) is 0 Å². The van der Waals surface area contributed by atoms with E-state index in [1.54, 1.807) is 0 Å². The standard InChI is InChI=1S/C10H10O2S2/c11-10(12)6-9-5-8(7-14-9)3-1-2-4-13/h5,7,13H,2,4,6H2,(H,11,12). The van der Waals surface area contributed by atoms with Crippen LogP contribution in [0.15, 0.2) is 11.4 Å². The Morgan fingerprint density at radius 2 is 2.43 bits per heavy atom. The molecule has 1 heterocycles. The normalized spacial score (nSPS) is 9.21. The highest BCUT2D eigenvalue weighted by Gasteiger charge is 2.02. The van der Waals surface area contributed by atoms with Crippen LogP contribution in [0.4, 0.5) is 0 Å². The first-order valence-corrected chi connectivity index (χ1v) is 5.62. The molecule has 0 bridgehead atoms. The number of aliphatic carboxylic acids is 1. The number of carbonyl (C=O) groups is 1. The monoisotopic (exact) mass is 226 g/mol. The van der Waals surface area contributed by atoms with Gasteiger partial charge in [-0.05, 0) is 6.07 Å². The van der Waals surface area contributed by atoms with Gasteiger partial charge in [0.2, 0.25) is 0 Å². The van der Waals surface area contributed by atoms with Gasteiger partial charge in [0, 0.05) is 28.0 Å². The summed E-state index contributed by atoms with van der Waals surface area (Å²) in [4.78, 5) is 11.2. The van der Waals surface area contributed by atoms with Crippen LogP contribution in [0.2, 0.25) is 0 Å². The molecule has 0 unspecified atom stereocenters. The zero-order valence-electron chi connectivity index (χ0n) is 7.49. The molecule has 0 aliphatic rings. The number of hydrogen-bond acceptors (Lipinski definition) is 3. The van der Waals surface area contributed by atoms with Gasteiger partial charge >= 0.3 is 5.97 Å². The number of carboxylic acid groups (broad SMARTS) is 1. The maximum atomic E-state index is 10.4. The van der Waals surface area contributed by atoms with Crippen molar-refractivity contribution in [2.75, 3.05) is 5.75 Å². The van der Waals surface area contributed by atoms with Crippen LogP contribution in [0.25, 0.3) is 0 Å². The summed E-state index contributed by atoms with van der Waals surface area (Å²) in [6.07, 6.45) is 0.839. The first-order chi connectivity index (χ1) is 6.72. The minimum atomic E-state index is -0.804. The summed E-state index contributed by atoms with van der Waals surface area (Å²) in [6, 6.07) is 1.82. The largest absolute Gasteiger partial charge is 0.481 e. The zero-order chi connectivity index (χ0) is 10.4. The highest BCUT2D eigenvalue weighted by atomic mass is 32.1. The molecular formula is C10H10O2S2. The topological polar surface area (TPSA) is 37.3 Å². The lowest BCUT2D eigenvalue weighted by Gasteiger charge is -1.86. The van der Waals surface area contributed by atoms with Gasteiger partial charge in [0.25, 0.3) is 0 Å². The molecule has 0 aliphatic heterocycles. The summed E-state index contributed by atoms with van der Waals surface area (Å²) >= 11 is 5.47. The van der Waals surface area contributed by atoms with Crippen molar-refractivity contribution in [2.45, 2.75) is 12.8 Å². The summed E-state index contributed by atoms with van der Waals surface area (Å²) in [5, 5.41) is 10.4. The third kappa shape index (κ3) is 3.86. The van der Waals surface area contributed by atoms with Gasteiger partial charge in [-0.3, -0.25) is 4.79 Å². The van der Waals surface area contributed by atoms with E-state index in [0.717, 1.165) is 22.6 Å². The van der Waals surface area contributed by atoms with Crippen LogP contribution in [0.1, 0.15) is 16.9 Å². The molecule has 1 N–H and O–H groups in total. The van der Waals surface area contributed by atoms with Crippen LogP contribution in [-0.4, -0.2) is 16.8 Å². The lowest BCUT2D eigenvalue weighted by Crippen LogP contribution is -1.97. The average Bonchev–Trinajstić information content (AvgIpc) is 2.52. The average molecular weight is 226 g/mol. The quantitative estimate of drug-likeness (QED) is 0.611. The fourth-order valence-electron chi connectivity index (χ4n) is 0.908. The van der Waals surface area contributed by atoms with Crippen LogP contribution < -0.4 is 0 Å². The molecule has 0 saturated heterocycles. The summed E-state index contributed by atoms with van der Waals surface area (Å²) in [5.41, 5.74) is 0.896. The second-order valence-corrected chi connectivity index (χ2v) is 4.09. The van der Waals surface area contributed by atoms with E-state index in [1.807, 2.05) is 11.4 Å². The Kier molecular flexibility index (Phi) is 4.57. The molecule has 14 heavy (non-hydrogen) atoms. The van der Waals surface area contributed by atoms with E-state index in [9.17, 15) is 4.79 Å². The van der Waals surface area contributed by atoms with Gasteiger partial charge in [0.15, 0.2) is 0 Å². The van der Waals surface area contributed by atoms with Crippen LogP contribution in [-0.2, 0) is 11.2 Å². The van der Waals surface area contributed by atoms with Gasteiger partial charge < -0.3 is 5.11 Å². The molecule has 0 aromatic carbocycles. The van der Waals surface area contributed by atoms with Crippen molar-refractivity contribution in [3.05, 3.63) is 21.9 Å². The number of rotatable bonds is 3. The van der Waals surface area contributed by atoms with Gasteiger partial charge in [0.1, 0.15) is 0 Å². The third-order valence-electron chi connectivity index (χ3n) is 1.45. The van der Waals surface area contributed by atoms with Crippen molar-refractivity contribution >= 4 is 29.9 Å². The van der Waals surface area contributed by atoms with E-state index < -0.39 is 5.97 Å². The van der Waals surface area contributed by atoms with Crippen LogP contribution in [0, 0.1) is 11.8 Å². The molecule has 0 amide bonds. The lowest BCUT2D eigenvalue weighted by atomic mass is 10.2. The molecule has 0 aliphatic carbocycles. The summed E-state index contributed by atoms with van der Waals surface area (Å²) in [7, 11) is 0. The third-order valence-corrected chi connectivity index (χ3v) is 2.61. The van der Waals surface area contributed by atoms with Crippen LogP contribution >= 0.6 is 24.0 Å². The second-order valence-electron chi connectivity index (χ2n) is 2.65. The molecule has 0 radical (unpaired) electrons. The van der Waals surface area contributed by atoms with E-state index in [-0.39, 0.29) is 6.42 Å². The number of carboxylic acids is 1. The molecule has 74 valence electrons. The fraction of sp³-hybridized carbons (Fsp3) is 0.300. The lowest BCUT2D eigenvalue weighted by molar-refractivity contribution is -0.136. The Bertz CT molecular complexity index is 371. The zero-order valence-corrected chi connectivity index (χ0v) is 9.20. The Hall–Kier alpha value is -0.920. The minimum Gasteiger partial charge on any atom is -0.481 e. The molecule has 4 heteroatoms. The van der Waals surface area contributed by atoms with E-state index in [1.165, 1.54) is 11.3 Å². The number of thiophene rings is 1. The van der Waals surface area contributed by atoms with Gasteiger partial charge in [-0.2, -0.15) is 12.6 Å². The minimum absolute atomic E-state index is 0.0823. The summed E-state index contributed by atoms with van der Waals surface area (Å²) in [5.74, 6) is 5.85. The van der Waals surface area contributed by atoms with Crippen LogP contribution in [0.3, 0.4) is 0 Å². The van der Waals surface area contributed by atoms with Crippen molar-refractivity contribution in [3.63, 3.8) is 0 Å². The maximum absolute atomic E-state index is 10.4. The molecule has 1 rings (SSSR count). The van der Waals surface area contributed by atoms with Crippen molar-refractivity contribution < 1.29 is 9.90 Å². The van der Waals surface area contributed by atoms with Crippen molar-refractivity contribution in [1.29, 1.82) is 0 Å². The Morgan fingerprint density at radius 3 is 3.07 bits per heavy atom. The number of thiol groups is 1. The Balaban J connectivity index is 2.60. The molecular weight excluding hydrogens is 216 g/mol. The Labute approximate surface area is 92.4 Å². The van der Waals surface area contributed by atoms with E-state index in [2.05, 4.69) is 24.5 Å². The predicted octanol–water partition coefficient (Wildman–Crippen LogP) is 2.05. The van der Waals surface area contributed by atoms with Gasteiger partial charge in [-0.1, -0.05) is 11.8 Å². The number of hydrogen-bond donors (Lipinski definition) is 2. The molecule has 1 aromatic rings. The highest BCUT2D eigenvalue weighted by Crippen LogP contribution is 2.14. The SMILES string of the molecule is O=C(O)Cc1cc(C#CCCS)cs1. The fourth-order valence-corrected chi connectivity index (χ4v) is 1.83. The first kappa shape index (κ1) is 11.2. The first-order valence-electron chi connectivity index (χ1n) is 4.11. The highest BCUT2D eigenvalue weighted by molar-refractivity contribution is 7.80. The van der Waals surface area contributed by atoms with E-state index in [0.29, 0.717) is 0 Å². The second kappa shape index (κ2) is 5.74. The smallest absolute Gasteiger partial charge is 0.308 e. The predicted molar refractivity (Wildman–Crippen MR) is 61.0 cm³/mol. The molecule has 0 atom stereocenters. The summed E-state index contributed by atoms with van der Waals surface area (Å²) < 4.78 is 0. The molecule has 0 fully saturated rings. The van der Waals surface area contributed by atoms with E-state index >= 15 is 0 Å². The molecule has 1 aromatic heterocycles. The Morgan fingerprint density at radius 1 is 1.64 bits per heavy atom. The maximum Gasteiger partial charge on any atom is 0.308 e. The molecule has 0 spiro atoms. The van der Waals surface area contributed by atoms with E-state index in [4.69, 9.17) is 5.11 Å². The molecule has 2 nitrogen and oxygen atoms in total. The van der Waals surface area contributed by atoms with Gasteiger partial charge in [0.05, 0.1) is 6.42 Å². The van der Waals surface area contributed by atoms with Gasteiger partial charge in [-0.25, -0.2) is 0 Å². The summed E-state index contributed by atoms with van der Waals surface area (Å²) in [6.45, 7) is 0.